The van der Waals surface area contributed by atoms with Crippen molar-refractivity contribution in [3.63, 3.8) is 0 Å². The first-order valence-corrected chi connectivity index (χ1v) is 13.8. The van der Waals surface area contributed by atoms with E-state index in [1.165, 1.54) is 128 Å². The van der Waals surface area contributed by atoms with Crippen LogP contribution in [-0.4, -0.2) is 12.2 Å². The molecule has 0 aromatic rings. The quantitative estimate of drug-likeness (QED) is 0.152. The van der Waals surface area contributed by atoms with Gasteiger partial charge in [-0.1, -0.05) is 130 Å². The van der Waals surface area contributed by atoms with E-state index in [1.54, 1.807) is 0 Å². The Hall–Kier alpha value is -0.0400. The Labute approximate surface area is 186 Å². The van der Waals surface area contributed by atoms with E-state index in [-0.39, 0.29) is 5.60 Å². The topological polar surface area (TPSA) is 9.23 Å². The van der Waals surface area contributed by atoms with E-state index in [4.69, 9.17) is 4.74 Å². The zero-order chi connectivity index (χ0) is 21.6. The molecule has 0 radical (unpaired) electrons. The van der Waals surface area contributed by atoms with Gasteiger partial charge in [0.05, 0.1) is 5.60 Å². The molecule has 29 heavy (non-hydrogen) atoms. The highest BCUT2D eigenvalue weighted by atomic mass is 16.5. The second-order valence-electron chi connectivity index (χ2n) is 9.51. The van der Waals surface area contributed by atoms with Gasteiger partial charge in [0, 0.05) is 6.61 Å². The molecule has 0 aromatic carbocycles. The molecule has 0 aliphatic heterocycles. The summed E-state index contributed by atoms with van der Waals surface area (Å²) in [6.07, 6.45) is 27.4. The molecule has 0 rings (SSSR count). The van der Waals surface area contributed by atoms with Crippen LogP contribution in [0, 0.1) is 5.92 Å². The van der Waals surface area contributed by atoms with Crippen molar-refractivity contribution in [2.45, 2.75) is 169 Å². The predicted octanol–water partition coefficient (Wildman–Crippen LogP) is 10.3. The highest BCUT2D eigenvalue weighted by molar-refractivity contribution is 4.89. The lowest BCUT2D eigenvalue weighted by Crippen LogP contribution is -2.41. The monoisotopic (exact) mass is 410 g/mol. The maximum atomic E-state index is 6.77. The van der Waals surface area contributed by atoms with Crippen molar-refractivity contribution >= 4 is 0 Å². The summed E-state index contributed by atoms with van der Waals surface area (Å²) in [6.45, 7) is 12.4. The number of unbranched alkanes of at least 4 members (excludes halogenated alkanes) is 12. The Balaban J connectivity index is 5.20. The van der Waals surface area contributed by atoms with E-state index in [0.29, 0.717) is 0 Å². The molecule has 1 nitrogen and oxygen atoms in total. The Bertz CT molecular complexity index is 287. The van der Waals surface area contributed by atoms with Crippen LogP contribution in [0.2, 0.25) is 0 Å². The Morgan fingerprint density at radius 3 is 1.21 bits per heavy atom. The van der Waals surface area contributed by atoms with E-state index in [0.717, 1.165) is 12.5 Å². The predicted molar refractivity (Wildman–Crippen MR) is 133 cm³/mol. The van der Waals surface area contributed by atoms with Crippen LogP contribution in [0.25, 0.3) is 0 Å². The zero-order valence-corrected chi connectivity index (χ0v) is 21.3. The summed E-state index contributed by atoms with van der Waals surface area (Å²) in [4.78, 5) is 0. The van der Waals surface area contributed by atoms with E-state index in [1.807, 2.05) is 0 Å². The number of hydrogen-bond donors (Lipinski definition) is 0. The third-order valence-corrected chi connectivity index (χ3v) is 6.90. The van der Waals surface area contributed by atoms with Crippen LogP contribution in [0.15, 0.2) is 0 Å². The molecule has 0 aromatic heterocycles. The first-order chi connectivity index (χ1) is 14.2. The fourth-order valence-electron chi connectivity index (χ4n) is 5.09. The SMILES string of the molecule is CCCCCCC(CCCCCC)C(CCCCCC)(CCCCCC)OCC. The molecule has 0 N–H and O–H groups in total. The minimum absolute atomic E-state index is 0.161. The second kappa shape index (κ2) is 21.2. The smallest absolute Gasteiger partial charge is 0.0710 e. The highest BCUT2D eigenvalue weighted by Crippen LogP contribution is 2.40. The number of ether oxygens (including phenoxy) is 1. The molecule has 0 spiro atoms. The zero-order valence-electron chi connectivity index (χ0n) is 21.3. The van der Waals surface area contributed by atoms with Crippen LogP contribution in [-0.2, 0) is 4.74 Å². The van der Waals surface area contributed by atoms with E-state index in [2.05, 4.69) is 34.6 Å². The fraction of sp³-hybridized carbons (Fsp3) is 1.00. The molecule has 176 valence electrons. The maximum Gasteiger partial charge on any atom is 0.0710 e. The third kappa shape index (κ3) is 14.6. The van der Waals surface area contributed by atoms with Crippen molar-refractivity contribution in [1.82, 2.24) is 0 Å². The fourth-order valence-corrected chi connectivity index (χ4v) is 5.09. The molecule has 0 amide bonds. The van der Waals surface area contributed by atoms with Gasteiger partial charge in [0.25, 0.3) is 0 Å². The Morgan fingerprint density at radius 2 is 0.862 bits per heavy atom. The summed E-state index contributed by atoms with van der Waals surface area (Å²) in [5, 5.41) is 0. The molecule has 0 bridgehead atoms. The van der Waals surface area contributed by atoms with Gasteiger partial charge in [-0.05, 0) is 38.5 Å². The minimum atomic E-state index is 0.161. The second-order valence-corrected chi connectivity index (χ2v) is 9.51. The van der Waals surface area contributed by atoms with Crippen LogP contribution < -0.4 is 0 Å². The van der Waals surface area contributed by atoms with Gasteiger partial charge in [-0.2, -0.15) is 0 Å². The molecular weight excluding hydrogens is 352 g/mol. The highest BCUT2D eigenvalue weighted by Gasteiger charge is 2.37. The average Bonchev–Trinajstić information content (AvgIpc) is 2.73. The average molecular weight is 411 g/mol. The minimum Gasteiger partial charge on any atom is -0.375 e. The molecule has 0 atom stereocenters. The Morgan fingerprint density at radius 1 is 0.483 bits per heavy atom. The lowest BCUT2D eigenvalue weighted by molar-refractivity contribution is -0.102. The molecule has 0 saturated carbocycles. The molecule has 0 aliphatic rings. The van der Waals surface area contributed by atoms with Crippen LogP contribution >= 0.6 is 0 Å². The van der Waals surface area contributed by atoms with Gasteiger partial charge in [-0.25, -0.2) is 0 Å². The van der Waals surface area contributed by atoms with Crippen molar-refractivity contribution < 1.29 is 4.74 Å². The van der Waals surface area contributed by atoms with Gasteiger partial charge >= 0.3 is 0 Å². The van der Waals surface area contributed by atoms with Crippen molar-refractivity contribution in [3.8, 4) is 0 Å². The summed E-state index contributed by atoms with van der Waals surface area (Å²) < 4.78 is 6.77. The van der Waals surface area contributed by atoms with Crippen molar-refractivity contribution in [1.29, 1.82) is 0 Å². The summed E-state index contributed by atoms with van der Waals surface area (Å²) >= 11 is 0. The van der Waals surface area contributed by atoms with Gasteiger partial charge in [-0.15, -0.1) is 0 Å². The van der Waals surface area contributed by atoms with Crippen molar-refractivity contribution in [2.24, 2.45) is 5.92 Å². The third-order valence-electron chi connectivity index (χ3n) is 6.90. The van der Waals surface area contributed by atoms with Crippen LogP contribution in [0.1, 0.15) is 163 Å². The number of rotatable bonds is 23. The van der Waals surface area contributed by atoms with Crippen molar-refractivity contribution in [3.05, 3.63) is 0 Å². The first kappa shape index (κ1) is 29.0. The Kier molecular flexibility index (Phi) is 21.2. The van der Waals surface area contributed by atoms with Gasteiger partial charge < -0.3 is 4.74 Å². The first-order valence-electron chi connectivity index (χ1n) is 13.8. The molecule has 0 aliphatic carbocycles. The van der Waals surface area contributed by atoms with Gasteiger partial charge in [0.2, 0.25) is 0 Å². The van der Waals surface area contributed by atoms with Gasteiger partial charge in [0.15, 0.2) is 0 Å². The maximum absolute atomic E-state index is 6.77. The molecular formula is C28H58O. The summed E-state index contributed by atoms with van der Waals surface area (Å²) in [5.74, 6) is 0.777. The summed E-state index contributed by atoms with van der Waals surface area (Å²) in [5.41, 5.74) is 0.161. The van der Waals surface area contributed by atoms with E-state index >= 15 is 0 Å². The van der Waals surface area contributed by atoms with Crippen molar-refractivity contribution in [2.75, 3.05) is 6.61 Å². The standard InChI is InChI=1S/C28H58O/c1-6-11-15-19-23-27(24-20-16-12-7-2)28(29-10-5,25-21-17-13-8-3)26-22-18-14-9-4/h27H,6-26H2,1-5H3. The van der Waals surface area contributed by atoms with Crippen LogP contribution in [0.5, 0.6) is 0 Å². The molecule has 1 heteroatoms. The summed E-state index contributed by atoms with van der Waals surface area (Å²) in [6, 6.07) is 0. The van der Waals surface area contributed by atoms with Crippen LogP contribution in [0.3, 0.4) is 0 Å². The molecule has 0 heterocycles. The van der Waals surface area contributed by atoms with E-state index in [9.17, 15) is 0 Å². The largest absolute Gasteiger partial charge is 0.375 e. The number of hydrogen-bond acceptors (Lipinski definition) is 1. The molecule has 0 fully saturated rings. The van der Waals surface area contributed by atoms with E-state index < -0.39 is 0 Å². The summed E-state index contributed by atoms with van der Waals surface area (Å²) in [7, 11) is 0. The lowest BCUT2D eigenvalue weighted by atomic mass is 9.73. The lowest BCUT2D eigenvalue weighted by Gasteiger charge is -2.42. The van der Waals surface area contributed by atoms with Crippen LogP contribution in [0.4, 0.5) is 0 Å². The molecule has 0 unspecified atom stereocenters. The van der Waals surface area contributed by atoms with Gasteiger partial charge in [-0.3, -0.25) is 0 Å². The molecule has 0 saturated heterocycles. The van der Waals surface area contributed by atoms with Gasteiger partial charge in [0.1, 0.15) is 0 Å². The normalized spacial score (nSPS) is 12.2.